The highest BCUT2D eigenvalue weighted by molar-refractivity contribution is 4.86. The first-order valence-electron chi connectivity index (χ1n) is 6.79. The van der Waals surface area contributed by atoms with Crippen LogP contribution < -0.4 is 5.73 Å². The first-order valence-corrected chi connectivity index (χ1v) is 6.79. The van der Waals surface area contributed by atoms with Gasteiger partial charge >= 0.3 is 0 Å². The van der Waals surface area contributed by atoms with Crippen LogP contribution in [0.15, 0.2) is 0 Å². The van der Waals surface area contributed by atoms with Gasteiger partial charge in [0.25, 0.3) is 0 Å². The van der Waals surface area contributed by atoms with Crippen molar-refractivity contribution in [2.75, 3.05) is 19.6 Å². The van der Waals surface area contributed by atoms with Gasteiger partial charge < -0.3 is 10.6 Å². The van der Waals surface area contributed by atoms with E-state index in [1.54, 1.807) is 0 Å². The van der Waals surface area contributed by atoms with Gasteiger partial charge in [0.15, 0.2) is 0 Å². The van der Waals surface area contributed by atoms with Crippen LogP contribution in [0.1, 0.15) is 45.4 Å². The molecular formula is C13H26N2. The van der Waals surface area contributed by atoms with E-state index in [1.807, 2.05) is 0 Å². The third-order valence-corrected chi connectivity index (χ3v) is 4.24. The highest BCUT2D eigenvalue weighted by atomic mass is 15.2. The molecule has 15 heavy (non-hydrogen) atoms. The van der Waals surface area contributed by atoms with E-state index in [-0.39, 0.29) is 0 Å². The van der Waals surface area contributed by atoms with Crippen molar-refractivity contribution in [1.82, 2.24) is 4.90 Å². The minimum atomic E-state index is 0.775. The highest BCUT2D eigenvalue weighted by Gasteiger charge is 2.32. The summed E-state index contributed by atoms with van der Waals surface area (Å²) in [6.07, 6.45) is 8.51. The van der Waals surface area contributed by atoms with Gasteiger partial charge in [-0.05, 0) is 50.6 Å². The smallest absolute Gasteiger partial charge is 0.0135 e. The lowest BCUT2D eigenvalue weighted by atomic mass is 9.83. The molecule has 2 heteroatoms. The number of rotatable bonds is 5. The number of nitrogens with zero attached hydrogens (tertiary/aromatic N) is 1. The zero-order valence-electron chi connectivity index (χ0n) is 10.1. The topological polar surface area (TPSA) is 29.3 Å². The van der Waals surface area contributed by atoms with Crippen LogP contribution in [0, 0.1) is 11.8 Å². The first-order chi connectivity index (χ1) is 7.35. The monoisotopic (exact) mass is 210 g/mol. The number of hydrogen-bond donors (Lipinski definition) is 1. The van der Waals surface area contributed by atoms with Crippen LogP contribution in [-0.2, 0) is 0 Å². The fourth-order valence-electron chi connectivity index (χ4n) is 3.07. The first kappa shape index (κ1) is 11.4. The van der Waals surface area contributed by atoms with Crippen LogP contribution in [0.25, 0.3) is 0 Å². The van der Waals surface area contributed by atoms with Gasteiger partial charge in [-0.2, -0.15) is 0 Å². The Morgan fingerprint density at radius 2 is 1.87 bits per heavy atom. The van der Waals surface area contributed by atoms with Crippen molar-refractivity contribution in [3.05, 3.63) is 0 Å². The van der Waals surface area contributed by atoms with Crippen molar-refractivity contribution in [3.8, 4) is 0 Å². The van der Waals surface area contributed by atoms with Gasteiger partial charge in [0, 0.05) is 12.6 Å². The Morgan fingerprint density at radius 1 is 1.13 bits per heavy atom. The third kappa shape index (κ3) is 2.94. The minimum absolute atomic E-state index is 0.775. The summed E-state index contributed by atoms with van der Waals surface area (Å²) < 4.78 is 0. The summed E-state index contributed by atoms with van der Waals surface area (Å²) in [6, 6.07) is 0.800. The van der Waals surface area contributed by atoms with Crippen molar-refractivity contribution in [1.29, 1.82) is 0 Å². The lowest BCUT2D eigenvalue weighted by Crippen LogP contribution is -2.45. The molecule has 0 aliphatic heterocycles. The maximum atomic E-state index is 5.91. The number of hydrogen-bond acceptors (Lipinski definition) is 2. The molecule has 0 spiro atoms. The molecule has 0 radical (unpaired) electrons. The fourth-order valence-corrected chi connectivity index (χ4v) is 3.07. The van der Waals surface area contributed by atoms with Crippen molar-refractivity contribution < 1.29 is 0 Å². The Balaban J connectivity index is 1.90. The Labute approximate surface area is 94.2 Å². The molecular weight excluding hydrogens is 184 g/mol. The molecule has 0 aromatic heterocycles. The van der Waals surface area contributed by atoms with E-state index in [2.05, 4.69) is 11.8 Å². The molecule has 0 aromatic rings. The lowest BCUT2D eigenvalue weighted by molar-refractivity contribution is 0.107. The van der Waals surface area contributed by atoms with E-state index >= 15 is 0 Å². The van der Waals surface area contributed by atoms with E-state index in [9.17, 15) is 0 Å². The zero-order valence-corrected chi connectivity index (χ0v) is 10.1. The Morgan fingerprint density at radius 3 is 2.47 bits per heavy atom. The molecule has 2 saturated carbocycles. The van der Waals surface area contributed by atoms with Crippen molar-refractivity contribution in [2.24, 2.45) is 17.6 Å². The quantitative estimate of drug-likeness (QED) is 0.754. The predicted molar refractivity (Wildman–Crippen MR) is 64.8 cm³/mol. The summed E-state index contributed by atoms with van der Waals surface area (Å²) in [5, 5.41) is 0. The summed E-state index contributed by atoms with van der Waals surface area (Å²) in [7, 11) is 0. The average molecular weight is 210 g/mol. The van der Waals surface area contributed by atoms with E-state index in [4.69, 9.17) is 5.73 Å². The highest BCUT2D eigenvalue weighted by Crippen LogP contribution is 2.33. The molecule has 2 N–H and O–H groups in total. The predicted octanol–water partition coefficient (Wildman–Crippen LogP) is 2.24. The summed E-state index contributed by atoms with van der Waals surface area (Å²) in [6.45, 7) is 5.77. The maximum absolute atomic E-state index is 5.91. The van der Waals surface area contributed by atoms with Crippen molar-refractivity contribution >= 4 is 0 Å². The van der Waals surface area contributed by atoms with Crippen molar-refractivity contribution in [3.63, 3.8) is 0 Å². The molecule has 0 aromatic carbocycles. The van der Waals surface area contributed by atoms with Crippen molar-refractivity contribution in [2.45, 2.75) is 51.5 Å². The molecule has 2 aliphatic rings. The van der Waals surface area contributed by atoms with Crippen LogP contribution >= 0.6 is 0 Å². The van der Waals surface area contributed by atoms with Gasteiger partial charge in [-0.1, -0.05) is 19.8 Å². The van der Waals surface area contributed by atoms with Crippen LogP contribution in [0.5, 0.6) is 0 Å². The standard InChI is InChI=1S/C13H26N2/c1-2-15(10-11-7-8-11)13-6-4-3-5-12(13)9-14/h11-13H,2-10,14H2,1H3. The van der Waals surface area contributed by atoms with E-state index in [1.165, 1.54) is 51.6 Å². The van der Waals surface area contributed by atoms with Gasteiger partial charge in [-0.15, -0.1) is 0 Å². The van der Waals surface area contributed by atoms with Gasteiger partial charge in [-0.25, -0.2) is 0 Å². The molecule has 0 heterocycles. The van der Waals surface area contributed by atoms with Gasteiger partial charge in [0.1, 0.15) is 0 Å². The second-order valence-corrected chi connectivity index (χ2v) is 5.38. The molecule has 2 aliphatic carbocycles. The molecule has 0 saturated heterocycles. The van der Waals surface area contributed by atoms with Gasteiger partial charge in [0.2, 0.25) is 0 Å². The summed E-state index contributed by atoms with van der Waals surface area (Å²) >= 11 is 0. The summed E-state index contributed by atoms with van der Waals surface area (Å²) in [5.41, 5.74) is 5.91. The van der Waals surface area contributed by atoms with Crippen LogP contribution in [0.2, 0.25) is 0 Å². The molecule has 0 amide bonds. The summed E-state index contributed by atoms with van der Waals surface area (Å²) in [5.74, 6) is 1.79. The largest absolute Gasteiger partial charge is 0.330 e. The molecule has 2 rings (SSSR count). The number of nitrogens with two attached hydrogens (primary N) is 1. The lowest BCUT2D eigenvalue weighted by Gasteiger charge is -2.39. The SMILES string of the molecule is CCN(CC1CC1)C1CCCCC1CN. The van der Waals surface area contributed by atoms with Crippen LogP contribution in [-0.4, -0.2) is 30.6 Å². The summed E-state index contributed by atoms with van der Waals surface area (Å²) in [4.78, 5) is 2.72. The van der Waals surface area contributed by atoms with E-state index < -0.39 is 0 Å². The molecule has 2 atom stereocenters. The minimum Gasteiger partial charge on any atom is -0.330 e. The Bertz CT molecular complexity index is 189. The molecule has 88 valence electrons. The van der Waals surface area contributed by atoms with Crippen LogP contribution in [0.3, 0.4) is 0 Å². The Hall–Kier alpha value is -0.0800. The van der Waals surface area contributed by atoms with E-state index in [0.29, 0.717) is 0 Å². The molecule has 2 fully saturated rings. The second kappa shape index (κ2) is 5.31. The fraction of sp³-hybridized carbons (Fsp3) is 1.00. The average Bonchev–Trinajstić information content (AvgIpc) is 3.10. The third-order valence-electron chi connectivity index (χ3n) is 4.24. The normalized spacial score (nSPS) is 32.2. The maximum Gasteiger partial charge on any atom is 0.0135 e. The Kier molecular flexibility index (Phi) is 4.04. The zero-order chi connectivity index (χ0) is 10.7. The molecule has 0 bridgehead atoms. The van der Waals surface area contributed by atoms with Gasteiger partial charge in [-0.3, -0.25) is 0 Å². The molecule has 2 nitrogen and oxygen atoms in total. The second-order valence-electron chi connectivity index (χ2n) is 5.38. The van der Waals surface area contributed by atoms with E-state index in [0.717, 1.165) is 24.4 Å². The molecule has 2 unspecified atom stereocenters. The van der Waals surface area contributed by atoms with Gasteiger partial charge in [0.05, 0.1) is 0 Å². The van der Waals surface area contributed by atoms with Crippen LogP contribution in [0.4, 0.5) is 0 Å².